The van der Waals surface area contributed by atoms with E-state index >= 15 is 0 Å². The summed E-state index contributed by atoms with van der Waals surface area (Å²) in [5, 5.41) is 16.0. The molecule has 80 valence electrons. The Kier molecular flexibility index (Phi) is 3.39. The lowest BCUT2D eigenvalue weighted by Crippen LogP contribution is -2.43. The van der Waals surface area contributed by atoms with Gasteiger partial charge in [-0.2, -0.15) is 0 Å². The quantitative estimate of drug-likeness (QED) is 0.577. The van der Waals surface area contributed by atoms with Crippen LogP contribution in [0.4, 0.5) is 0 Å². The molecule has 2 heterocycles. The highest BCUT2D eigenvalue weighted by atomic mass is 16.5. The van der Waals surface area contributed by atoms with E-state index in [1.165, 1.54) is 0 Å². The topological polar surface area (TPSA) is 53.5 Å². The van der Waals surface area contributed by atoms with Crippen molar-refractivity contribution in [2.24, 2.45) is 0 Å². The van der Waals surface area contributed by atoms with Crippen molar-refractivity contribution in [3.8, 4) is 0 Å². The Balaban J connectivity index is 1.68. The zero-order chi connectivity index (χ0) is 9.80. The molecule has 2 aliphatic heterocycles. The second-order valence-corrected chi connectivity index (χ2v) is 3.95. The molecule has 0 radical (unpaired) electrons. The number of hydrogen-bond donors (Lipinski definition) is 3. The molecule has 0 amide bonds. The molecule has 4 heteroatoms. The van der Waals surface area contributed by atoms with Crippen LogP contribution < -0.4 is 10.6 Å². The monoisotopic (exact) mass is 198 g/mol. The van der Waals surface area contributed by atoms with E-state index in [1.807, 2.05) is 6.08 Å². The van der Waals surface area contributed by atoms with Gasteiger partial charge in [0.25, 0.3) is 0 Å². The lowest BCUT2D eigenvalue weighted by Gasteiger charge is -2.23. The molecule has 0 aromatic rings. The molecule has 0 spiro atoms. The molecule has 3 atom stereocenters. The first kappa shape index (κ1) is 9.96. The van der Waals surface area contributed by atoms with Crippen LogP contribution in [0.25, 0.3) is 0 Å². The van der Waals surface area contributed by atoms with Crippen molar-refractivity contribution in [1.82, 2.24) is 10.6 Å². The molecule has 0 bridgehead atoms. The average molecular weight is 198 g/mol. The van der Waals surface area contributed by atoms with Crippen molar-refractivity contribution in [3.63, 3.8) is 0 Å². The van der Waals surface area contributed by atoms with Crippen molar-refractivity contribution >= 4 is 0 Å². The molecular formula is C10H18N2O2. The molecule has 2 aliphatic rings. The van der Waals surface area contributed by atoms with Gasteiger partial charge in [-0.3, -0.25) is 0 Å². The third-order valence-electron chi connectivity index (χ3n) is 2.81. The van der Waals surface area contributed by atoms with Crippen LogP contribution in [0, 0.1) is 0 Å². The van der Waals surface area contributed by atoms with Crippen LogP contribution in [0.5, 0.6) is 0 Å². The standard InChI is InChI=1S/C10H18N2O2/c13-10-7-11-6-9(10)12-5-8-3-1-2-4-14-8/h2,4,8-13H,1,3,5-7H2/t8?,9-,10-/m1/s1. The predicted octanol–water partition coefficient (Wildman–Crippen LogP) is -0.399. The number of rotatable bonds is 3. The number of hydrogen-bond acceptors (Lipinski definition) is 4. The number of aliphatic hydroxyl groups excluding tert-OH is 1. The maximum atomic E-state index is 9.54. The fourth-order valence-corrected chi connectivity index (χ4v) is 1.89. The van der Waals surface area contributed by atoms with Crippen LogP contribution in [0.15, 0.2) is 12.3 Å². The number of aliphatic hydroxyl groups is 1. The van der Waals surface area contributed by atoms with Gasteiger partial charge in [0.15, 0.2) is 0 Å². The molecule has 0 saturated carbocycles. The van der Waals surface area contributed by atoms with Crippen LogP contribution in [0.2, 0.25) is 0 Å². The number of β-amino-alcohol motifs (C(OH)–C–C–N with tert-alkyl or cyclic N) is 1. The summed E-state index contributed by atoms with van der Waals surface area (Å²) in [6, 6.07) is 0.185. The molecule has 14 heavy (non-hydrogen) atoms. The van der Waals surface area contributed by atoms with Gasteiger partial charge in [-0.05, 0) is 18.9 Å². The average Bonchev–Trinajstić information content (AvgIpc) is 2.63. The first-order chi connectivity index (χ1) is 6.86. The molecule has 4 nitrogen and oxygen atoms in total. The molecule has 0 aromatic carbocycles. The van der Waals surface area contributed by atoms with Crippen molar-refractivity contribution in [2.45, 2.75) is 31.1 Å². The first-order valence-corrected chi connectivity index (χ1v) is 5.29. The SMILES string of the molecule is O[C@@H]1CNC[C@H]1NCC1CCC=CO1. The van der Waals surface area contributed by atoms with Gasteiger partial charge in [0, 0.05) is 25.7 Å². The second-order valence-electron chi connectivity index (χ2n) is 3.95. The van der Waals surface area contributed by atoms with E-state index in [9.17, 15) is 5.11 Å². The Hall–Kier alpha value is -0.580. The van der Waals surface area contributed by atoms with Crippen molar-refractivity contribution < 1.29 is 9.84 Å². The Bertz CT molecular complexity index is 208. The Morgan fingerprint density at radius 3 is 3.07 bits per heavy atom. The van der Waals surface area contributed by atoms with Gasteiger partial charge in [-0.1, -0.05) is 0 Å². The van der Waals surface area contributed by atoms with Gasteiger partial charge in [0.1, 0.15) is 6.10 Å². The van der Waals surface area contributed by atoms with E-state index in [-0.39, 0.29) is 18.2 Å². The van der Waals surface area contributed by atoms with E-state index < -0.39 is 0 Å². The third-order valence-corrected chi connectivity index (χ3v) is 2.81. The van der Waals surface area contributed by atoms with Crippen molar-refractivity contribution in [2.75, 3.05) is 19.6 Å². The Morgan fingerprint density at radius 2 is 2.43 bits per heavy atom. The van der Waals surface area contributed by atoms with Crippen molar-refractivity contribution in [3.05, 3.63) is 12.3 Å². The number of nitrogens with one attached hydrogen (secondary N) is 2. The molecule has 1 saturated heterocycles. The Morgan fingerprint density at radius 1 is 1.50 bits per heavy atom. The highest BCUT2D eigenvalue weighted by molar-refractivity contribution is 4.88. The molecule has 2 rings (SSSR count). The third kappa shape index (κ3) is 2.47. The van der Waals surface area contributed by atoms with Gasteiger partial charge in [-0.15, -0.1) is 0 Å². The fourth-order valence-electron chi connectivity index (χ4n) is 1.89. The van der Waals surface area contributed by atoms with Crippen LogP contribution in [-0.4, -0.2) is 43.0 Å². The number of allylic oxidation sites excluding steroid dienone is 1. The summed E-state index contributed by atoms with van der Waals surface area (Å²) in [5.41, 5.74) is 0. The minimum Gasteiger partial charge on any atom is -0.497 e. The predicted molar refractivity (Wildman–Crippen MR) is 53.9 cm³/mol. The van der Waals surface area contributed by atoms with Crippen molar-refractivity contribution in [1.29, 1.82) is 0 Å². The zero-order valence-electron chi connectivity index (χ0n) is 8.28. The summed E-state index contributed by atoms with van der Waals surface area (Å²) in [7, 11) is 0. The zero-order valence-corrected chi connectivity index (χ0v) is 8.28. The van der Waals surface area contributed by atoms with Gasteiger partial charge in [0.05, 0.1) is 12.4 Å². The normalized spacial score (nSPS) is 37.1. The largest absolute Gasteiger partial charge is 0.497 e. The molecule has 3 N–H and O–H groups in total. The minimum atomic E-state index is -0.255. The molecular weight excluding hydrogens is 180 g/mol. The second kappa shape index (κ2) is 4.77. The van der Waals surface area contributed by atoms with Gasteiger partial charge in [0.2, 0.25) is 0 Å². The molecule has 1 unspecified atom stereocenters. The van der Waals surface area contributed by atoms with Crippen LogP contribution in [0.1, 0.15) is 12.8 Å². The van der Waals surface area contributed by atoms with E-state index in [0.29, 0.717) is 6.54 Å². The lowest BCUT2D eigenvalue weighted by molar-refractivity contribution is 0.106. The van der Waals surface area contributed by atoms with Gasteiger partial charge < -0.3 is 20.5 Å². The lowest BCUT2D eigenvalue weighted by atomic mass is 10.1. The number of ether oxygens (including phenoxy) is 1. The van der Waals surface area contributed by atoms with E-state index in [2.05, 4.69) is 10.6 Å². The van der Waals surface area contributed by atoms with E-state index in [4.69, 9.17) is 4.74 Å². The van der Waals surface area contributed by atoms with Gasteiger partial charge >= 0.3 is 0 Å². The summed E-state index contributed by atoms with van der Waals surface area (Å²) in [5.74, 6) is 0. The molecule has 0 aliphatic carbocycles. The maximum absolute atomic E-state index is 9.54. The summed E-state index contributed by atoms with van der Waals surface area (Å²) >= 11 is 0. The van der Waals surface area contributed by atoms with Crippen LogP contribution >= 0.6 is 0 Å². The Labute approximate surface area is 84.3 Å². The minimum absolute atomic E-state index is 0.185. The molecule has 1 fully saturated rings. The summed E-state index contributed by atoms with van der Waals surface area (Å²) in [4.78, 5) is 0. The van der Waals surface area contributed by atoms with E-state index in [0.717, 1.165) is 25.9 Å². The summed E-state index contributed by atoms with van der Waals surface area (Å²) in [6.45, 7) is 2.38. The summed E-state index contributed by atoms with van der Waals surface area (Å²) < 4.78 is 5.43. The van der Waals surface area contributed by atoms with Crippen LogP contribution in [0.3, 0.4) is 0 Å². The van der Waals surface area contributed by atoms with Gasteiger partial charge in [-0.25, -0.2) is 0 Å². The maximum Gasteiger partial charge on any atom is 0.110 e. The van der Waals surface area contributed by atoms with Crippen LogP contribution in [-0.2, 0) is 4.74 Å². The summed E-state index contributed by atoms with van der Waals surface area (Å²) in [6.07, 6.45) is 6.00. The smallest absolute Gasteiger partial charge is 0.110 e. The fraction of sp³-hybridized carbons (Fsp3) is 0.800. The highest BCUT2D eigenvalue weighted by Crippen LogP contribution is 2.09. The highest BCUT2D eigenvalue weighted by Gasteiger charge is 2.25. The first-order valence-electron chi connectivity index (χ1n) is 5.29. The molecule has 0 aromatic heterocycles. The van der Waals surface area contributed by atoms with E-state index in [1.54, 1.807) is 6.26 Å².